The lowest BCUT2D eigenvalue weighted by atomic mass is 9.80. The predicted molar refractivity (Wildman–Crippen MR) is 362 cm³/mol. The third kappa shape index (κ3) is 16.6. The van der Waals surface area contributed by atoms with Gasteiger partial charge in [-0.15, -0.1) is 11.3 Å². The lowest BCUT2D eigenvalue weighted by Gasteiger charge is -2.34. The quantitative estimate of drug-likeness (QED) is 0.0112. The standard InChI is InChI=1S/C71H88N8O14S/c1-39(2)59(75-52(81)22-15-14-16-31-78-54(83)29-30-55(78)84)70(90)72-37-53(82)73-48-25-23-47(24-26-48)38-79(12,13)33-32-77(11)49-27-28-50-51(36-49)94-67-60(74-50)56-57-63(86)45(8)66-58(56)68(88)71(10,93-66)91-34-18-21-41(4)65(92-46(9)80)44(7)62(85)43(6)35-40(3)19-17-20-42(5)69(89)76-61(67)64(57)87/h17-20,23-30,34,36,39-41,43-44,59,62,65,85H,14-16,21-22,31-33,35,37-38H2,1-13H3,(H4-,72,73,74,75,76,81,82,86,87,88,89,90)/p+1/b19-17+,34-18+,42-20-/t40-,41+,43+,44+,59?,62+,65+,71-/m0/s1. The molecule has 0 spiro atoms. The highest BCUT2D eigenvalue weighted by atomic mass is 32.1. The van der Waals surface area contributed by atoms with Gasteiger partial charge in [0, 0.05) is 85.4 Å². The summed E-state index contributed by atoms with van der Waals surface area (Å²) in [6.07, 6.45) is 12.1. The van der Waals surface area contributed by atoms with E-state index >= 15 is 4.79 Å². The molecule has 5 heterocycles. The van der Waals surface area contributed by atoms with Gasteiger partial charge in [0.2, 0.25) is 23.2 Å². The number of ketones is 1. The van der Waals surface area contributed by atoms with Gasteiger partial charge >= 0.3 is 11.8 Å². The predicted octanol–water partition coefficient (Wildman–Crippen LogP) is 9.22. The van der Waals surface area contributed by atoms with Crippen molar-refractivity contribution in [1.29, 1.82) is 0 Å². The maximum atomic E-state index is 15.1. The molecule has 6 amide bonds. The van der Waals surface area contributed by atoms with Crippen LogP contribution in [0.5, 0.6) is 11.5 Å². The zero-order valence-electron chi connectivity index (χ0n) is 56.0. The Morgan fingerprint density at radius 2 is 1.65 bits per heavy atom. The summed E-state index contributed by atoms with van der Waals surface area (Å²) in [6.45, 7) is 19.2. The topological polar surface area (TPSA) is 289 Å². The molecule has 0 radical (unpaired) electrons. The smallest absolute Gasteiger partial charge is 0.312 e. The molecule has 0 saturated heterocycles. The number of nitrogens with zero attached hydrogens (tertiary/aromatic N) is 4. The van der Waals surface area contributed by atoms with Gasteiger partial charge in [-0.2, -0.15) is 0 Å². The van der Waals surface area contributed by atoms with E-state index in [2.05, 4.69) is 40.3 Å². The molecule has 23 heteroatoms. The Morgan fingerprint density at radius 3 is 2.33 bits per heavy atom. The first-order valence-corrected chi connectivity index (χ1v) is 32.9. The number of rotatable bonds is 19. The van der Waals surface area contributed by atoms with E-state index in [0.717, 1.165) is 16.2 Å². The minimum atomic E-state index is -1.96. The number of imide groups is 1. The van der Waals surface area contributed by atoms with E-state index in [9.17, 15) is 48.6 Å². The van der Waals surface area contributed by atoms with Gasteiger partial charge in [0.25, 0.3) is 23.5 Å². The first-order chi connectivity index (χ1) is 44.4. The highest BCUT2D eigenvalue weighted by Gasteiger charge is 2.50. The van der Waals surface area contributed by atoms with Crippen LogP contribution in [0.3, 0.4) is 0 Å². The Hall–Kier alpha value is -8.80. The van der Waals surface area contributed by atoms with Crippen LogP contribution < -0.4 is 36.3 Å². The number of anilines is 3. The third-order valence-corrected chi connectivity index (χ3v) is 19.0. The summed E-state index contributed by atoms with van der Waals surface area (Å²) in [5.74, 6) is -7.25. The normalized spacial score (nSPS) is 22.8. The van der Waals surface area contributed by atoms with E-state index in [1.54, 1.807) is 51.1 Å². The first kappa shape index (κ1) is 71.1. The SMILES string of the molecule is CC(=O)O[C@H]1[C@H](C)[C@H](O)[C@H](C)C[C@@H](C)/C=C/C=C(/C)C(=O)Nc2c3sc4cc(N(C)CC[N+](C)(C)Cc5ccc(NC(=O)CNC(=O)C(NC(=O)CCCCCN6C(=O)C=CC6=O)C(C)C)cc5)ccc4nc-3c3c4c(c(C)c(O)c3c2=O)O[C@](C)(O/C=C/C[C@H]1C)C4=O. The summed E-state index contributed by atoms with van der Waals surface area (Å²) in [6, 6.07) is 12.3. The summed E-state index contributed by atoms with van der Waals surface area (Å²) in [5, 5.41) is 34.5. The molecule has 9 rings (SSSR count). The lowest BCUT2D eigenvalue weighted by molar-refractivity contribution is -0.902. The molecule has 8 atom stereocenters. The van der Waals surface area contributed by atoms with E-state index < -0.39 is 70.6 Å². The highest BCUT2D eigenvalue weighted by molar-refractivity contribution is 7.22. The number of nitrogens with one attached hydrogen (secondary N) is 4. The van der Waals surface area contributed by atoms with Crippen molar-refractivity contribution in [1.82, 2.24) is 20.5 Å². The zero-order chi connectivity index (χ0) is 68.7. The molecule has 22 nitrogen and oxygen atoms in total. The number of hydrogen-bond donors (Lipinski definition) is 6. The second-order valence-electron chi connectivity index (χ2n) is 26.5. The molecule has 94 heavy (non-hydrogen) atoms. The molecule has 5 bridgehead atoms. The molecular formula is C71H89N8O14S+. The Bertz CT molecular complexity index is 3890. The number of unbranched alkanes of at least 4 members (excludes halogenated alkanes) is 2. The van der Waals surface area contributed by atoms with Crippen molar-refractivity contribution in [2.24, 2.45) is 29.6 Å². The zero-order valence-corrected chi connectivity index (χ0v) is 56.8. The molecule has 5 aliphatic heterocycles. The van der Waals surface area contributed by atoms with Crippen LogP contribution in [-0.4, -0.2) is 143 Å². The first-order valence-electron chi connectivity index (χ1n) is 32.1. The van der Waals surface area contributed by atoms with E-state index in [0.29, 0.717) is 72.1 Å². The third-order valence-electron chi connectivity index (χ3n) is 17.8. The van der Waals surface area contributed by atoms with Crippen molar-refractivity contribution >= 4 is 96.6 Å². The summed E-state index contributed by atoms with van der Waals surface area (Å²) in [5.41, 5.74) is 2.60. The minimum absolute atomic E-state index is 0.0106. The molecule has 0 aromatic heterocycles. The van der Waals surface area contributed by atoms with Gasteiger partial charge in [0.15, 0.2) is 0 Å². The Morgan fingerprint density at radius 1 is 0.947 bits per heavy atom. The van der Waals surface area contributed by atoms with Gasteiger partial charge in [-0.3, -0.25) is 48.1 Å². The number of aliphatic hydroxyl groups is 1. The number of amides is 6. The molecule has 0 fully saturated rings. The van der Waals surface area contributed by atoms with Crippen molar-refractivity contribution in [2.45, 2.75) is 138 Å². The van der Waals surface area contributed by atoms with Gasteiger partial charge < -0.3 is 55.1 Å². The maximum Gasteiger partial charge on any atom is 0.312 e. The lowest BCUT2D eigenvalue weighted by Crippen LogP contribution is -2.51. The fourth-order valence-corrected chi connectivity index (χ4v) is 13.4. The summed E-state index contributed by atoms with van der Waals surface area (Å²) >= 11 is 1.21. The number of fused-ring (bicyclic) bond motifs is 14. The van der Waals surface area contributed by atoms with Crippen LogP contribution in [0.25, 0.3) is 31.6 Å². The van der Waals surface area contributed by atoms with Crippen molar-refractivity contribution < 1.29 is 67.3 Å². The fourth-order valence-electron chi connectivity index (χ4n) is 12.3. The summed E-state index contributed by atoms with van der Waals surface area (Å²) in [7, 11) is 6.21. The number of esters is 1. The Balaban J connectivity index is 0.968. The molecule has 6 aliphatic rings. The maximum absolute atomic E-state index is 15.1. The Kier molecular flexibility index (Phi) is 22.7. The van der Waals surface area contributed by atoms with Crippen LogP contribution >= 0.6 is 11.3 Å². The Labute approximate surface area is 552 Å². The molecule has 1 aliphatic carbocycles. The van der Waals surface area contributed by atoms with Crippen molar-refractivity contribution in [2.75, 3.05) is 62.9 Å². The number of allylic oxidation sites excluding steroid dienone is 4. The van der Waals surface area contributed by atoms with Crippen LogP contribution in [0.1, 0.15) is 122 Å². The van der Waals surface area contributed by atoms with Gasteiger partial charge in [0.1, 0.15) is 35.9 Å². The van der Waals surface area contributed by atoms with Crippen LogP contribution in [-0.2, 0) is 49.6 Å². The van der Waals surface area contributed by atoms with E-state index in [4.69, 9.17) is 19.2 Å². The van der Waals surface area contributed by atoms with E-state index in [-0.39, 0.29) is 110 Å². The number of phenolic OH excluding ortho intramolecular Hbond substituents is 1. The molecule has 0 saturated carbocycles. The summed E-state index contributed by atoms with van der Waals surface area (Å²) in [4.78, 5) is 128. The number of phenols is 1. The van der Waals surface area contributed by atoms with Crippen LogP contribution in [0, 0.1) is 36.5 Å². The monoisotopic (exact) mass is 1310 g/mol. The molecule has 3 aromatic rings. The number of carbonyl (C=O) groups excluding carboxylic acids is 8. The fraction of sp³-hybridized carbons (Fsp3) is 0.465. The number of ether oxygens (including phenoxy) is 3. The number of hydrogen-bond acceptors (Lipinski definition) is 17. The summed E-state index contributed by atoms with van der Waals surface area (Å²) < 4.78 is 19.5. The number of likely N-dealkylation sites (N-methyl/N-ethyl adjacent to an activating group) is 2. The number of aromatic hydroxyl groups is 1. The van der Waals surface area contributed by atoms with Gasteiger partial charge in [0.05, 0.1) is 77.8 Å². The average Bonchev–Trinajstić information content (AvgIpc) is 1.37. The second kappa shape index (κ2) is 30.1. The highest BCUT2D eigenvalue weighted by Crippen LogP contribution is 2.51. The molecule has 3 aromatic carbocycles. The van der Waals surface area contributed by atoms with Crippen molar-refractivity contribution in [3.05, 3.63) is 118 Å². The van der Waals surface area contributed by atoms with Crippen LogP contribution in [0.4, 0.5) is 17.1 Å². The van der Waals surface area contributed by atoms with Gasteiger partial charge in [-0.25, -0.2) is 4.98 Å². The largest absolute Gasteiger partial charge is 0.507 e. The van der Waals surface area contributed by atoms with E-state index in [1.807, 2.05) is 71.2 Å². The van der Waals surface area contributed by atoms with E-state index in [1.165, 1.54) is 50.5 Å². The van der Waals surface area contributed by atoms with Gasteiger partial charge in [-0.1, -0.05) is 78.3 Å². The number of benzene rings is 4. The number of Topliss-reactive ketones (excluding diaryl/α,β-unsaturated/α-hetero) is 1. The van der Waals surface area contributed by atoms with Crippen LogP contribution in [0.15, 0.2) is 95.6 Å². The number of aliphatic hydroxyl groups excluding tert-OH is 1. The van der Waals surface area contributed by atoms with Crippen molar-refractivity contribution in [3.63, 3.8) is 0 Å². The molecular weight excluding hydrogens is 1220 g/mol. The van der Waals surface area contributed by atoms with Gasteiger partial charge in [-0.05, 0) is 99.6 Å². The number of aromatic nitrogens is 1. The molecule has 6 N–H and O–H groups in total. The second-order valence-corrected chi connectivity index (χ2v) is 27.6. The number of carbonyl (C=O) groups is 8. The average molecular weight is 1310 g/mol. The van der Waals surface area contributed by atoms with Crippen LogP contribution in [0.2, 0.25) is 0 Å². The number of quaternary nitrogens is 1. The van der Waals surface area contributed by atoms with Crippen molar-refractivity contribution in [3.8, 4) is 22.1 Å². The molecule has 1 unspecified atom stereocenters. The molecule has 502 valence electrons. The minimum Gasteiger partial charge on any atom is -0.507 e.